The third kappa shape index (κ3) is 6.89. The quantitative estimate of drug-likeness (QED) is 0.359. The molecule has 5 heteroatoms. The lowest BCUT2D eigenvalue weighted by Gasteiger charge is -2.16. The molecule has 0 amide bonds. The molecule has 110 valence electrons. The zero-order valence-electron chi connectivity index (χ0n) is 12.3. The van der Waals surface area contributed by atoms with Crippen molar-refractivity contribution in [3.63, 3.8) is 0 Å². The van der Waals surface area contributed by atoms with Crippen LogP contribution in [-0.2, 0) is 19.4 Å². The van der Waals surface area contributed by atoms with Crippen molar-refractivity contribution in [2.24, 2.45) is 0 Å². The maximum Gasteiger partial charge on any atom is 0.342 e. The maximum atomic E-state index is 11.5. The van der Waals surface area contributed by atoms with E-state index in [0.29, 0.717) is 5.75 Å². The van der Waals surface area contributed by atoms with Gasteiger partial charge in [0.15, 0.2) is 0 Å². The number of hydrogen-bond donors (Lipinski definition) is 0. The van der Waals surface area contributed by atoms with E-state index in [2.05, 4.69) is 4.89 Å². The number of hydrogen-bond acceptors (Lipinski definition) is 5. The van der Waals surface area contributed by atoms with Crippen LogP contribution < -0.4 is 4.74 Å². The van der Waals surface area contributed by atoms with Crippen LogP contribution in [0.5, 0.6) is 5.75 Å². The Morgan fingerprint density at radius 1 is 1.00 bits per heavy atom. The van der Waals surface area contributed by atoms with Crippen LogP contribution in [0.15, 0.2) is 24.3 Å². The molecule has 1 aromatic carbocycles. The summed E-state index contributed by atoms with van der Waals surface area (Å²) in [6.07, 6.45) is -0.138. The minimum atomic E-state index is -0.596. The van der Waals surface area contributed by atoms with E-state index >= 15 is 0 Å². The first-order valence-electron chi connectivity index (χ1n) is 6.42. The molecule has 0 fully saturated rings. The largest absolute Gasteiger partial charge is 0.427 e. The van der Waals surface area contributed by atoms with Gasteiger partial charge in [-0.25, -0.2) is 4.79 Å². The van der Waals surface area contributed by atoms with Gasteiger partial charge in [0.25, 0.3) is 0 Å². The number of aryl methyl sites for hydroxylation is 1. The number of carbonyl (C=O) groups is 2. The molecule has 0 bridgehead atoms. The van der Waals surface area contributed by atoms with E-state index < -0.39 is 17.5 Å². The van der Waals surface area contributed by atoms with Crippen molar-refractivity contribution in [3.05, 3.63) is 29.8 Å². The summed E-state index contributed by atoms with van der Waals surface area (Å²) in [7, 11) is 0. The van der Waals surface area contributed by atoms with Crippen LogP contribution in [0.25, 0.3) is 0 Å². The Hall–Kier alpha value is -1.88. The molecule has 0 N–H and O–H groups in total. The van der Waals surface area contributed by atoms with E-state index in [1.165, 1.54) is 0 Å². The Morgan fingerprint density at radius 2 is 1.55 bits per heavy atom. The zero-order chi connectivity index (χ0) is 15.2. The molecule has 0 aliphatic rings. The molecule has 0 unspecified atom stereocenters. The van der Waals surface area contributed by atoms with Gasteiger partial charge in [0.05, 0.1) is 12.8 Å². The predicted octanol–water partition coefficient (Wildman–Crippen LogP) is 2.95. The van der Waals surface area contributed by atoms with Crippen LogP contribution in [0.4, 0.5) is 0 Å². The molecular formula is C15H20O5. The summed E-state index contributed by atoms with van der Waals surface area (Å²) in [6.45, 7) is 7.21. The number of ether oxygens (including phenoxy) is 1. The topological polar surface area (TPSA) is 61.8 Å². The van der Waals surface area contributed by atoms with Crippen LogP contribution in [-0.4, -0.2) is 17.5 Å². The van der Waals surface area contributed by atoms with Gasteiger partial charge in [-0.15, -0.1) is 0 Å². The van der Waals surface area contributed by atoms with E-state index in [-0.39, 0.29) is 12.8 Å². The van der Waals surface area contributed by atoms with Gasteiger partial charge in [0.1, 0.15) is 11.4 Å². The summed E-state index contributed by atoms with van der Waals surface area (Å²) in [4.78, 5) is 32.3. The second-order valence-electron chi connectivity index (χ2n) is 5.44. The summed E-state index contributed by atoms with van der Waals surface area (Å²) in [5.74, 6) is -0.623. The van der Waals surface area contributed by atoms with Gasteiger partial charge in [0.2, 0.25) is 0 Å². The molecule has 1 rings (SSSR count). The minimum absolute atomic E-state index is 0.0553. The summed E-state index contributed by atoms with van der Waals surface area (Å²) < 4.78 is 5.08. The highest BCUT2D eigenvalue weighted by atomic mass is 17.2. The molecule has 0 aliphatic heterocycles. The second-order valence-corrected chi connectivity index (χ2v) is 5.44. The van der Waals surface area contributed by atoms with Crippen molar-refractivity contribution in [1.29, 1.82) is 0 Å². The van der Waals surface area contributed by atoms with Crippen molar-refractivity contribution < 1.29 is 24.1 Å². The van der Waals surface area contributed by atoms with E-state index in [0.717, 1.165) is 5.56 Å². The molecule has 0 heterocycles. The summed E-state index contributed by atoms with van der Waals surface area (Å²) >= 11 is 0. The Balaban J connectivity index is 2.29. The molecule has 0 radical (unpaired) electrons. The van der Waals surface area contributed by atoms with E-state index in [1.54, 1.807) is 32.9 Å². The first-order chi connectivity index (χ1) is 9.26. The van der Waals surface area contributed by atoms with Gasteiger partial charge < -0.3 is 4.74 Å². The van der Waals surface area contributed by atoms with Gasteiger partial charge >= 0.3 is 11.9 Å². The van der Waals surface area contributed by atoms with Crippen molar-refractivity contribution in [2.75, 3.05) is 0 Å². The molecule has 0 spiro atoms. The number of carbonyl (C=O) groups excluding carboxylic acids is 2. The predicted molar refractivity (Wildman–Crippen MR) is 73.0 cm³/mol. The van der Waals surface area contributed by atoms with Crippen molar-refractivity contribution in [1.82, 2.24) is 0 Å². The maximum absolute atomic E-state index is 11.5. The number of esters is 1. The average molecular weight is 280 g/mol. The number of benzene rings is 1. The minimum Gasteiger partial charge on any atom is -0.427 e. The SMILES string of the molecule is Cc1ccc(OC(=O)CCC(=O)OOC(C)(C)C)cc1. The van der Waals surface area contributed by atoms with Crippen LogP contribution in [0.2, 0.25) is 0 Å². The number of rotatable bonds is 5. The van der Waals surface area contributed by atoms with Gasteiger partial charge in [0, 0.05) is 0 Å². The molecule has 5 nitrogen and oxygen atoms in total. The molecule has 0 aromatic heterocycles. The Bertz CT molecular complexity index is 456. The van der Waals surface area contributed by atoms with Crippen molar-refractivity contribution in [2.45, 2.75) is 46.1 Å². The van der Waals surface area contributed by atoms with E-state index in [9.17, 15) is 9.59 Å². The zero-order valence-corrected chi connectivity index (χ0v) is 12.3. The normalized spacial score (nSPS) is 11.0. The van der Waals surface area contributed by atoms with Crippen molar-refractivity contribution in [3.8, 4) is 5.75 Å². The standard InChI is InChI=1S/C15H20O5/c1-11-5-7-12(8-6-11)18-13(16)9-10-14(17)19-20-15(2,3)4/h5-8H,9-10H2,1-4H3. The van der Waals surface area contributed by atoms with E-state index in [1.807, 2.05) is 19.1 Å². The summed E-state index contributed by atoms with van der Waals surface area (Å²) in [6, 6.07) is 7.09. The lowest BCUT2D eigenvalue weighted by atomic mass is 10.2. The van der Waals surface area contributed by atoms with Crippen LogP contribution in [0.1, 0.15) is 39.2 Å². The Kier molecular flexibility index (Phi) is 5.70. The molecular weight excluding hydrogens is 260 g/mol. The third-order valence-electron chi connectivity index (χ3n) is 2.17. The Morgan fingerprint density at radius 3 is 2.10 bits per heavy atom. The van der Waals surface area contributed by atoms with Crippen LogP contribution in [0, 0.1) is 6.92 Å². The van der Waals surface area contributed by atoms with Crippen LogP contribution >= 0.6 is 0 Å². The molecule has 0 saturated heterocycles. The first kappa shape index (κ1) is 16.2. The molecule has 0 saturated carbocycles. The van der Waals surface area contributed by atoms with E-state index in [4.69, 9.17) is 9.62 Å². The summed E-state index contributed by atoms with van der Waals surface area (Å²) in [5.41, 5.74) is 0.505. The fourth-order valence-corrected chi connectivity index (χ4v) is 1.21. The Labute approximate surface area is 118 Å². The highest BCUT2D eigenvalue weighted by Gasteiger charge is 2.16. The van der Waals surface area contributed by atoms with Crippen LogP contribution in [0.3, 0.4) is 0 Å². The fraction of sp³-hybridized carbons (Fsp3) is 0.467. The second kappa shape index (κ2) is 7.05. The van der Waals surface area contributed by atoms with Gasteiger partial charge in [-0.05, 0) is 39.8 Å². The van der Waals surface area contributed by atoms with Gasteiger partial charge in [-0.2, -0.15) is 4.89 Å². The summed E-state index contributed by atoms with van der Waals surface area (Å²) in [5, 5.41) is 0. The smallest absolute Gasteiger partial charge is 0.342 e. The molecule has 0 aliphatic carbocycles. The molecule has 1 aromatic rings. The third-order valence-corrected chi connectivity index (χ3v) is 2.17. The highest BCUT2D eigenvalue weighted by molar-refractivity contribution is 5.78. The molecule has 20 heavy (non-hydrogen) atoms. The van der Waals surface area contributed by atoms with Gasteiger partial charge in [-0.1, -0.05) is 17.7 Å². The lowest BCUT2D eigenvalue weighted by Crippen LogP contribution is -2.22. The molecule has 0 atom stereocenters. The van der Waals surface area contributed by atoms with Crippen molar-refractivity contribution >= 4 is 11.9 Å². The first-order valence-corrected chi connectivity index (χ1v) is 6.42. The fourth-order valence-electron chi connectivity index (χ4n) is 1.21. The average Bonchev–Trinajstić information content (AvgIpc) is 2.36. The lowest BCUT2D eigenvalue weighted by molar-refractivity contribution is -0.320. The van der Waals surface area contributed by atoms with Gasteiger partial charge in [-0.3, -0.25) is 9.68 Å². The monoisotopic (exact) mass is 280 g/mol. The highest BCUT2D eigenvalue weighted by Crippen LogP contribution is 2.13.